The molecule has 1 aliphatic heterocycles. The van der Waals surface area contributed by atoms with Crippen LogP contribution in [0.3, 0.4) is 0 Å². The number of halogens is 3. The van der Waals surface area contributed by atoms with E-state index >= 15 is 0 Å². The molecule has 0 radical (unpaired) electrons. The molecule has 1 atom stereocenters. The molecule has 1 heterocycles. The number of alkyl halides is 3. The number of likely N-dealkylation sites (N-methyl/N-ethyl adjacent to an activating group) is 1. The summed E-state index contributed by atoms with van der Waals surface area (Å²) < 4.78 is 37.3. The van der Waals surface area contributed by atoms with Crippen molar-refractivity contribution in [3.63, 3.8) is 0 Å². The summed E-state index contributed by atoms with van der Waals surface area (Å²) in [5.74, 6) is -0.512. The van der Waals surface area contributed by atoms with Crippen molar-refractivity contribution in [2.75, 3.05) is 6.54 Å². The second-order valence-electron chi connectivity index (χ2n) is 4.81. The average Bonchev–Trinajstić information content (AvgIpc) is 2.70. The van der Waals surface area contributed by atoms with Gasteiger partial charge in [-0.1, -0.05) is 12.1 Å². The van der Waals surface area contributed by atoms with Gasteiger partial charge in [-0.05, 0) is 24.6 Å². The quantitative estimate of drug-likeness (QED) is 0.865. The summed E-state index contributed by atoms with van der Waals surface area (Å²) in [4.78, 5) is 24.6. The number of rotatable bonds is 4. The van der Waals surface area contributed by atoms with Crippen LogP contribution in [0.1, 0.15) is 24.5 Å². The number of amides is 2. The number of carbonyl (C=O) groups is 2. The Balaban J connectivity index is 1.95. The second-order valence-corrected chi connectivity index (χ2v) is 4.81. The Morgan fingerprint density at radius 1 is 1.24 bits per heavy atom. The molecule has 7 heteroatoms. The van der Waals surface area contributed by atoms with Crippen LogP contribution >= 0.6 is 0 Å². The van der Waals surface area contributed by atoms with Crippen LogP contribution in [0.2, 0.25) is 0 Å². The first kappa shape index (κ1) is 15.5. The normalized spacial score (nSPS) is 19.4. The van der Waals surface area contributed by atoms with E-state index in [4.69, 9.17) is 0 Å². The maximum Gasteiger partial charge on any atom is 0.416 e. The van der Waals surface area contributed by atoms with Gasteiger partial charge in [-0.25, -0.2) is 0 Å². The van der Waals surface area contributed by atoms with E-state index in [0.717, 1.165) is 12.1 Å². The molecule has 4 nitrogen and oxygen atoms in total. The largest absolute Gasteiger partial charge is 0.416 e. The zero-order chi connectivity index (χ0) is 15.6. The van der Waals surface area contributed by atoms with E-state index in [2.05, 4.69) is 5.32 Å². The van der Waals surface area contributed by atoms with E-state index in [-0.39, 0.29) is 24.8 Å². The van der Waals surface area contributed by atoms with Gasteiger partial charge in [-0.15, -0.1) is 0 Å². The van der Waals surface area contributed by atoms with Crippen molar-refractivity contribution < 1.29 is 22.8 Å². The molecule has 0 aliphatic carbocycles. The van der Waals surface area contributed by atoms with Gasteiger partial charge in [-0.2, -0.15) is 13.2 Å². The first-order valence-electron chi connectivity index (χ1n) is 6.56. The van der Waals surface area contributed by atoms with Gasteiger partial charge in [-0.3, -0.25) is 14.5 Å². The Morgan fingerprint density at radius 2 is 1.86 bits per heavy atom. The van der Waals surface area contributed by atoms with Gasteiger partial charge in [0.2, 0.25) is 11.8 Å². The third-order valence-corrected chi connectivity index (χ3v) is 3.39. The molecule has 1 aromatic carbocycles. The van der Waals surface area contributed by atoms with Gasteiger partial charge in [0.05, 0.1) is 18.0 Å². The molecule has 21 heavy (non-hydrogen) atoms. The first-order valence-corrected chi connectivity index (χ1v) is 6.56. The summed E-state index contributed by atoms with van der Waals surface area (Å²) >= 11 is 0. The summed E-state index contributed by atoms with van der Waals surface area (Å²) in [5, 5.41) is 2.91. The molecule has 0 saturated carbocycles. The molecule has 1 aromatic rings. The zero-order valence-corrected chi connectivity index (χ0v) is 11.4. The summed E-state index contributed by atoms with van der Waals surface area (Å²) in [6.07, 6.45) is -4.27. The highest BCUT2D eigenvalue weighted by atomic mass is 19.4. The van der Waals surface area contributed by atoms with Crippen LogP contribution in [0.15, 0.2) is 24.3 Å². The summed E-state index contributed by atoms with van der Waals surface area (Å²) in [5.41, 5.74) is -0.0891. The van der Waals surface area contributed by atoms with E-state index in [1.807, 2.05) is 0 Å². The maximum atomic E-state index is 12.4. The van der Waals surface area contributed by atoms with Gasteiger partial charge in [0, 0.05) is 13.1 Å². The van der Waals surface area contributed by atoms with Crippen molar-refractivity contribution in [1.29, 1.82) is 0 Å². The number of hydrogen-bond donors (Lipinski definition) is 1. The molecule has 0 spiro atoms. The molecular weight excluding hydrogens is 285 g/mol. The molecular formula is C14H15F3N2O2. The molecule has 0 bridgehead atoms. The number of benzene rings is 1. The molecule has 114 valence electrons. The van der Waals surface area contributed by atoms with E-state index in [0.29, 0.717) is 12.1 Å². The molecule has 2 rings (SSSR count). The Hall–Kier alpha value is -1.89. The number of imide groups is 1. The number of nitrogens with zero attached hydrogens (tertiary/aromatic N) is 1. The zero-order valence-electron chi connectivity index (χ0n) is 11.4. The van der Waals surface area contributed by atoms with Crippen LogP contribution in [0.5, 0.6) is 0 Å². The average molecular weight is 300 g/mol. The molecule has 1 fully saturated rings. The third kappa shape index (κ3) is 3.41. The minimum Gasteiger partial charge on any atom is -0.301 e. The molecule has 0 aromatic heterocycles. The van der Waals surface area contributed by atoms with E-state index in [1.54, 1.807) is 6.92 Å². The molecule has 1 saturated heterocycles. The predicted molar refractivity (Wildman–Crippen MR) is 69.1 cm³/mol. The van der Waals surface area contributed by atoms with Gasteiger partial charge in [0.25, 0.3) is 0 Å². The van der Waals surface area contributed by atoms with Crippen LogP contribution in [0, 0.1) is 0 Å². The maximum absolute atomic E-state index is 12.4. The van der Waals surface area contributed by atoms with Crippen molar-refractivity contribution in [3.05, 3.63) is 35.4 Å². The van der Waals surface area contributed by atoms with Crippen LogP contribution in [0.25, 0.3) is 0 Å². The SMILES string of the molecule is CCN1C(=O)CC(NCc2ccc(C(F)(F)F)cc2)C1=O. The number of likely N-dealkylation sites (tertiary alicyclic amines) is 1. The Morgan fingerprint density at radius 3 is 2.33 bits per heavy atom. The summed E-state index contributed by atoms with van der Waals surface area (Å²) in [6, 6.07) is 4.11. The molecule has 1 unspecified atom stereocenters. The van der Waals surface area contributed by atoms with E-state index in [1.165, 1.54) is 17.0 Å². The Kier molecular flexibility index (Phi) is 4.32. The van der Waals surface area contributed by atoms with Crippen molar-refractivity contribution in [2.24, 2.45) is 0 Å². The lowest BCUT2D eigenvalue weighted by atomic mass is 10.1. The van der Waals surface area contributed by atoms with Gasteiger partial charge >= 0.3 is 6.18 Å². The second kappa shape index (κ2) is 5.85. The summed E-state index contributed by atoms with van der Waals surface area (Å²) in [7, 11) is 0. The summed E-state index contributed by atoms with van der Waals surface area (Å²) in [6.45, 7) is 2.28. The fourth-order valence-corrected chi connectivity index (χ4v) is 2.23. The minimum atomic E-state index is -4.36. The highest BCUT2D eigenvalue weighted by Gasteiger charge is 2.37. The molecule has 1 aliphatic rings. The number of hydrogen-bond acceptors (Lipinski definition) is 3. The lowest BCUT2D eigenvalue weighted by molar-refractivity contribution is -0.139. The van der Waals surface area contributed by atoms with Crippen molar-refractivity contribution >= 4 is 11.8 Å². The number of nitrogens with one attached hydrogen (secondary N) is 1. The molecule has 2 amide bonds. The van der Waals surface area contributed by atoms with E-state index in [9.17, 15) is 22.8 Å². The van der Waals surface area contributed by atoms with Crippen LogP contribution in [-0.2, 0) is 22.3 Å². The smallest absolute Gasteiger partial charge is 0.301 e. The number of carbonyl (C=O) groups excluding carboxylic acids is 2. The van der Waals surface area contributed by atoms with Crippen LogP contribution in [0.4, 0.5) is 13.2 Å². The first-order chi connectivity index (χ1) is 9.82. The topological polar surface area (TPSA) is 49.4 Å². The van der Waals surface area contributed by atoms with Gasteiger partial charge in [0.1, 0.15) is 0 Å². The minimum absolute atomic E-state index is 0.0906. The van der Waals surface area contributed by atoms with Gasteiger partial charge in [0.15, 0.2) is 0 Å². The van der Waals surface area contributed by atoms with Crippen molar-refractivity contribution in [3.8, 4) is 0 Å². The monoisotopic (exact) mass is 300 g/mol. The highest BCUT2D eigenvalue weighted by Crippen LogP contribution is 2.29. The lowest BCUT2D eigenvalue weighted by Crippen LogP contribution is -2.38. The fourth-order valence-electron chi connectivity index (χ4n) is 2.23. The standard InChI is InChI=1S/C14H15F3N2O2/c1-2-19-12(20)7-11(13(19)21)18-8-9-3-5-10(6-4-9)14(15,16)17/h3-6,11,18H,2,7-8H2,1H3. The van der Waals surface area contributed by atoms with Crippen molar-refractivity contribution in [1.82, 2.24) is 10.2 Å². The van der Waals surface area contributed by atoms with E-state index < -0.39 is 17.8 Å². The Labute approximate surface area is 119 Å². The van der Waals surface area contributed by atoms with Gasteiger partial charge < -0.3 is 5.32 Å². The predicted octanol–water partition coefficient (Wildman–Crippen LogP) is 1.94. The highest BCUT2D eigenvalue weighted by molar-refractivity contribution is 6.05. The lowest BCUT2D eigenvalue weighted by Gasteiger charge is -2.13. The third-order valence-electron chi connectivity index (χ3n) is 3.39. The van der Waals surface area contributed by atoms with Crippen molar-refractivity contribution in [2.45, 2.75) is 32.1 Å². The molecule has 1 N–H and O–H groups in total. The van der Waals surface area contributed by atoms with Crippen LogP contribution < -0.4 is 5.32 Å². The Bertz CT molecular complexity index is 540. The fraction of sp³-hybridized carbons (Fsp3) is 0.429. The van der Waals surface area contributed by atoms with Crippen LogP contribution in [-0.4, -0.2) is 29.3 Å².